The summed E-state index contributed by atoms with van der Waals surface area (Å²) >= 11 is 0. The summed E-state index contributed by atoms with van der Waals surface area (Å²) in [6.07, 6.45) is 1.97. The Morgan fingerprint density at radius 2 is 2.00 bits per heavy atom. The maximum atomic E-state index is 11.9. The highest BCUT2D eigenvalue weighted by Gasteiger charge is 2.09. The van der Waals surface area contributed by atoms with E-state index in [4.69, 9.17) is 5.73 Å². The van der Waals surface area contributed by atoms with Crippen molar-refractivity contribution in [1.82, 2.24) is 9.55 Å². The van der Waals surface area contributed by atoms with Crippen molar-refractivity contribution in [2.45, 2.75) is 40.2 Å². The predicted octanol–water partition coefficient (Wildman–Crippen LogP) is 1.47. The molecule has 5 nitrogen and oxygen atoms in total. The highest BCUT2D eigenvalue weighted by atomic mass is 16.1. The van der Waals surface area contributed by atoms with E-state index in [1.54, 1.807) is 6.07 Å². The summed E-state index contributed by atoms with van der Waals surface area (Å²) in [5, 5.41) is 0. The van der Waals surface area contributed by atoms with Crippen molar-refractivity contribution in [1.29, 1.82) is 0 Å². The van der Waals surface area contributed by atoms with Crippen LogP contribution in [0.3, 0.4) is 0 Å². The van der Waals surface area contributed by atoms with Gasteiger partial charge in [0.1, 0.15) is 5.82 Å². The lowest BCUT2D eigenvalue weighted by atomic mass is 10.3. The molecule has 0 atom stereocenters. The number of nitrogens with two attached hydrogens (primary N) is 1. The molecule has 0 aliphatic carbocycles. The molecule has 1 aromatic heterocycles. The normalized spacial score (nSPS) is 10.5. The highest BCUT2D eigenvalue weighted by molar-refractivity contribution is 5.41. The van der Waals surface area contributed by atoms with Gasteiger partial charge in [-0.15, -0.1) is 0 Å². The first kappa shape index (κ1) is 13.5. The molecular weight excluding hydrogens is 216 g/mol. The van der Waals surface area contributed by atoms with Gasteiger partial charge in [-0.25, -0.2) is 0 Å². The van der Waals surface area contributed by atoms with Crippen LogP contribution in [-0.4, -0.2) is 22.6 Å². The molecule has 0 unspecified atom stereocenters. The molecule has 1 heterocycles. The fraction of sp³-hybridized carbons (Fsp3) is 0.667. The van der Waals surface area contributed by atoms with Crippen molar-refractivity contribution in [3.05, 3.63) is 16.4 Å². The van der Waals surface area contributed by atoms with Crippen molar-refractivity contribution in [2.75, 3.05) is 23.7 Å². The van der Waals surface area contributed by atoms with Crippen LogP contribution in [0.2, 0.25) is 0 Å². The number of unbranched alkanes of at least 4 members (excludes halogenated alkanes) is 1. The van der Waals surface area contributed by atoms with Crippen LogP contribution in [0.5, 0.6) is 0 Å². The molecular formula is C12H22N4O. The molecule has 0 aliphatic rings. The van der Waals surface area contributed by atoms with Crippen LogP contribution in [0.1, 0.15) is 33.6 Å². The lowest BCUT2D eigenvalue weighted by Crippen LogP contribution is -2.29. The molecule has 1 rings (SSSR count). The van der Waals surface area contributed by atoms with Crippen molar-refractivity contribution in [2.24, 2.45) is 0 Å². The molecule has 0 aromatic carbocycles. The van der Waals surface area contributed by atoms with E-state index >= 15 is 0 Å². The van der Waals surface area contributed by atoms with Crippen LogP contribution in [0, 0.1) is 0 Å². The lowest BCUT2D eigenvalue weighted by Gasteiger charge is -2.20. The fourth-order valence-electron chi connectivity index (χ4n) is 1.76. The van der Waals surface area contributed by atoms with E-state index < -0.39 is 0 Å². The minimum Gasteiger partial charge on any atom is -0.369 e. The Bertz CT molecular complexity index is 409. The molecule has 0 spiro atoms. The van der Waals surface area contributed by atoms with Crippen molar-refractivity contribution >= 4 is 11.8 Å². The van der Waals surface area contributed by atoms with Crippen LogP contribution in [0.15, 0.2) is 10.9 Å². The van der Waals surface area contributed by atoms with Crippen molar-refractivity contribution < 1.29 is 0 Å². The molecule has 1 aromatic rings. The standard InChI is InChI=1S/C12H22N4O/c1-4-7-8-16-11(17)9-10(14-12(16)13)15(5-2)6-3/h9H,4-8H2,1-3H3,(H2,13,14). The van der Waals surface area contributed by atoms with E-state index in [1.807, 2.05) is 18.7 Å². The van der Waals surface area contributed by atoms with E-state index in [2.05, 4.69) is 11.9 Å². The number of nitrogen functional groups attached to an aromatic ring is 1. The van der Waals surface area contributed by atoms with Gasteiger partial charge in [-0.1, -0.05) is 13.3 Å². The van der Waals surface area contributed by atoms with E-state index in [0.29, 0.717) is 18.3 Å². The van der Waals surface area contributed by atoms with Gasteiger partial charge in [0.2, 0.25) is 5.95 Å². The maximum absolute atomic E-state index is 11.9. The Morgan fingerprint density at radius 3 is 2.47 bits per heavy atom. The summed E-state index contributed by atoms with van der Waals surface area (Å²) in [4.78, 5) is 18.2. The van der Waals surface area contributed by atoms with Crippen LogP contribution in [0.4, 0.5) is 11.8 Å². The number of hydrogen-bond acceptors (Lipinski definition) is 4. The van der Waals surface area contributed by atoms with Gasteiger partial charge in [0.15, 0.2) is 0 Å². The number of hydrogen-bond donors (Lipinski definition) is 1. The van der Waals surface area contributed by atoms with Gasteiger partial charge in [0, 0.05) is 25.7 Å². The van der Waals surface area contributed by atoms with Gasteiger partial charge in [0.25, 0.3) is 5.56 Å². The van der Waals surface area contributed by atoms with E-state index in [0.717, 1.165) is 25.9 Å². The summed E-state index contributed by atoms with van der Waals surface area (Å²) in [6, 6.07) is 1.57. The topological polar surface area (TPSA) is 64.2 Å². The van der Waals surface area contributed by atoms with Crippen LogP contribution >= 0.6 is 0 Å². The average molecular weight is 238 g/mol. The number of nitrogens with zero attached hydrogens (tertiary/aromatic N) is 3. The lowest BCUT2D eigenvalue weighted by molar-refractivity contribution is 0.611. The second-order valence-electron chi connectivity index (χ2n) is 3.99. The summed E-state index contributed by atoms with van der Waals surface area (Å²) in [6.45, 7) is 8.43. The molecule has 17 heavy (non-hydrogen) atoms. The van der Waals surface area contributed by atoms with Crippen LogP contribution < -0.4 is 16.2 Å². The first-order valence-electron chi connectivity index (χ1n) is 6.26. The molecule has 0 saturated carbocycles. The van der Waals surface area contributed by atoms with Crippen LogP contribution in [0.25, 0.3) is 0 Å². The number of aromatic nitrogens is 2. The molecule has 0 radical (unpaired) electrons. The third kappa shape index (κ3) is 3.22. The Balaban J connectivity index is 3.04. The molecule has 2 N–H and O–H groups in total. The van der Waals surface area contributed by atoms with E-state index in [-0.39, 0.29) is 5.56 Å². The molecule has 0 fully saturated rings. The minimum atomic E-state index is -0.0622. The highest BCUT2D eigenvalue weighted by Crippen LogP contribution is 2.10. The van der Waals surface area contributed by atoms with E-state index in [1.165, 1.54) is 4.57 Å². The predicted molar refractivity (Wildman–Crippen MR) is 71.4 cm³/mol. The van der Waals surface area contributed by atoms with Gasteiger partial charge in [0.05, 0.1) is 0 Å². The number of rotatable bonds is 6. The Morgan fingerprint density at radius 1 is 1.35 bits per heavy atom. The second-order valence-corrected chi connectivity index (χ2v) is 3.99. The third-order valence-corrected chi connectivity index (χ3v) is 2.85. The molecule has 0 aliphatic heterocycles. The largest absolute Gasteiger partial charge is 0.369 e. The Hall–Kier alpha value is -1.52. The number of anilines is 2. The smallest absolute Gasteiger partial charge is 0.256 e. The van der Waals surface area contributed by atoms with Crippen molar-refractivity contribution in [3.8, 4) is 0 Å². The van der Waals surface area contributed by atoms with Gasteiger partial charge >= 0.3 is 0 Å². The first-order valence-corrected chi connectivity index (χ1v) is 6.26. The van der Waals surface area contributed by atoms with E-state index in [9.17, 15) is 4.79 Å². The molecule has 96 valence electrons. The van der Waals surface area contributed by atoms with Gasteiger partial charge in [-0.05, 0) is 20.3 Å². The zero-order valence-corrected chi connectivity index (χ0v) is 10.9. The monoisotopic (exact) mass is 238 g/mol. The molecule has 0 saturated heterocycles. The average Bonchev–Trinajstić information content (AvgIpc) is 2.30. The minimum absolute atomic E-state index is 0.0622. The molecule has 0 bridgehead atoms. The first-order chi connectivity index (χ1) is 8.13. The Labute approximate surface area is 102 Å². The summed E-state index contributed by atoms with van der Waals surface area (Å²) < 4.78 is 1.54. The zero-order chi connectivity index (χ0) is 12.8. The summed E-state index contributed by atoms with van der Waals surface area (Å²) in [7, 11) is 0. The Kier molecular flexibility index (Phi) is 5.00. The quantitative estimate of drug-likeness (QED) is 0.815. The van der Waals surface area contributed by atoms with Gasteiger partial charge in [-0.3, -0.25) is 9.36 Å². The fourth-order valence-corrected chi connectivity index (χ4v) is 1.76. The van der Waals surface area contributed by atoms with Gasteiger partial charge in [-0.2, -0.15) is 4.98 Å². The van der Waals surface area contributed by atoms with Crippen LogP contribution in [-0.2, 0) is 6.54 Å². The molecule has 5 heteroatoms. The zero-order valence-electron chi connectivity index (χ0n) is 10.9. The third-order valence-electron chi connectivity index (χ3n) is 2.85. The summed E-state index contributed by atoms with van der Waals surface area (Å²) in [5.41, 5.74) is 5.77. The van der Waals surface area contributed by atoms with Crippen molar-refractivity contribution in [3.63, 3.8) is 0 Å². The summed E-state index contributed by atoms with van der Waals surface area (Å²) in [5.74, 6) is 0.984. The second kappa shape index (κ2) is 6.27. The molecule has 0 amide bonds. The maximum Gasteiger partial charge on any atom is 0.256 e. The van der Waals surface area contributed by atoms with Gasteiger partial charge < -0.3 is 10.6 Å². The SMILES string of the molecule is CCCCn1c(N)nc(N(CC)CC)cc1=O.